The Morgan fingerprint density at radius 2 is 1.70 bits per heavy atom. The molecule has 0 radical (unpaired) electrons. The maximum absolute atomic E-state index is 11.1. The minimum absolute atomic E-state index is 0.547. The smallest absolute Gasteiger partial charge is 0.150 e. The van der Waals surface area contributed by atoms with E-state index in [1.54, 1.807) is 12.1 Å². The molecule has 0 amide bonds. The first-order valence-corrected chi connectivity index (χ1v) is 7.01. The molecule has 0 unspecified atom stereocenters. The Balaban J connectivity index is 2.44. The molecule has 5 heteroatoms. The summed E-state index contributed by atoms with van der Waals surface area (Å²) in [6, 6.07) is 3.54. The van der Waals surface area contributed by atoms with Crippen molar-refractivity contribution in [1.82, 2.24) is 0 Å². The second kappa shape index (κ2) is 7.14. The number of benzene rings is 1. The van der Waals surface area contributed by atoms with Gasteiger partial charge in [-0.25, -0.2) is 0 Å². The minimum atomic E-state index is 0.547. The van der Waals surface area contributed by atoms with Crippen LogP contribution in [0.3, 0.4) is 0 Å². The fraction of sp³-hybridized carbons (Fsp3) is 0.533. The van der Waals surface area contributed by atoms with Crippen molar-refractivity contribution in [2.45, 2.75) is 13.8 Å². The van der Waals surface area contributed by atoms with Gasteiger partial charge in [0, 0.05) is 18.7 Å². The van der Waals surface area contributed by atoms with Gasteiger partial charge in [0.15, 0.2) is 0 Å². The zero-order chi connectivity index (χ0) is 14.4. The van der Waals surface area contributed by atoms with Crippen molar-refractivity contribution in [3.63, 3.8) is 0 Å². The van der Waals surface area contributed by atoms with Crippen LogP contribution < -0.4 is 14.4 Å². The second-order valence-electron chi connectivity index (χ2n) is 4.45. The second-order valence-corrected chi connectivity index (χ2v) is 4.45. The zero-order valence-electron chi connectivity index (χ0n) is 12.1. The lowest BCUT2D eigenvalue weighted by Gasteiger charge is -2.31. The molecule has 110 valence electrons. The molecule has 2 rings (SSSR count). The van der Waals surface area contributed by atoms with E-state index in [4.69, 9.17) is 14.2 Å². The number of hydrogen-bond acceptors (Lipinski definition) is 5. The molecule has 1 aliphatic heterocycles. The van der Waals surface area contributed by atoms with Crippen molar-refractivity contribution < 1.29 is 19.0 Å². The van der Waals surface area contributed by atoms with Crippen LogP contribution in [-0.2, 0) is 4.74 Å². The first-order chi connectivity index (χ1) is 9.80. The van der Waals surface area contributed by atoms with Gasteiger partial charge < -0.3 is 19.1 Å². The van der Waals surface area contributed by atoms with Gasteiger partial charge in [-0.1, -0.05) is 0 Å². The van der Waals surface area contributed by atoms with Gasteiger partial charge in [-0.15, -0.1) is 0 Å². The average molecular weight is 279 g/mol. The standard InChI is InChI=1S/C15H21NO4/c1-3-19-13-9-12(11-17)10-14(20-4-2)15(13)16-5-7-18-8-6-16/h9-11H,3-8H2,1-2H3. The van der Waals surface area contributed by atoms with Crippen molar-refractivity contribution in [2.75, 3.05) is 44.4 Å². The van der Waals surface area contributed by atoms with E-state index in [-0.39, 0.29) is 0 Å². The highest BCUT2D eigenvalue weighted by Gasteiger charge is 2.21. The quantitative estimate of drug-likeness (QED) is 0.747. The Labute approximate surface area is 119 Å². The summed E-state index contributed by atoms with van der Waals surface area (Å²) in [5.41, 5.74) is 1.48. The van der Waals surface area contributed by atoms with Crippen molar-refractivity contribution in [1.29, 1.82) is 0 Å². The predicted octanol–water partition coefficient (Wildman–Crippen LogP) is 2.13. The summed E-state index contributed by atoms with van der Waals surface area (Å²) < 4.78 is 16.8. The van der Waals surface area contributed by atoms with E-state index in [0.29, 0.717) is 43.5 Å². The minimum Gasteiger partial charge on any atom is -0.492 e. The van der Waals surface area contributed by atoms with Crippen molar-refractivity contribution >= 4 is 12.0 Å². The van der Waals surface area contributed by atoms with Crippen LogP contribution >= 0.6 is 0 Å². The van der Waals surface area contributed by atoms with Crippen LogP contribution in [0.5, 0.6) is 11.5 Å². The highest BCUT2D eigenvalue weighted by molar-refractivity contribution is 5.81. The zero-order valence-corrected chi connectivity index (χ0v) is 12.1. The third kappa shape index (κ3) is 3.22. The van der Waals surface area contributed by atoms with E-state index in [2.05, 4.69) is 4.90 Å². The van der Waals surface area contributed by atoms with E-state index in [0.717, 1.165) is 25.1 Å². The molecule has 20 heavy (non-hydrogen) atoms. The lowest BCUT2D eigenvalue weighted by atomic mass is 10.1. The highest BCUT2D eigenvalue weighted by Crippen LogP contribution is 2.39. The summed E-state index contributed by atoms with van der Waals surface area (Å²) in [5, 5.41) is 0. The number of hydrogen-bond donors (Lipinski definition) is 0. The van der Waals surface area contributed by atoms with Gasteiger partial charge in [0.2, 0.25) is 0 Å². The normalized spacial score (nSPS) is 15.0. The predicted molar refractivity (Wildman–Crippen MR) is 77.2 cm³/mol. The SMILES string of the molecule is CCOc1cc(C=O)cc(OCC)c1N1CCOCC1. The molecule has 0 saturated carbocycles. The molecule has 0 N–H and O–H groups in total. The van der Waals surface area contributed by atoms with Gasteiger partial charge in [-0.3, -0.25) is 4.79 Å². The van der Waals surface area contributed by atoms with E-state index in [1.165, 1.54) is 0 Å². The highest BCUT2D eigenvalue weighted by atomic mass is 16.5. The number of aldehydes is 1. The fourth-order valence-electron chi connectivity index (χ4n) is 2.30. The molecular weight excluding hydrogens is 258 g/mol. The Kier molecular flexibility index (Phi) is 5.24. The molecule has 1 heterocycles. The number of ether oxygens (including phenoxy) is 3. The van der Waals surface area contributed by atoms with Crippen molar-refractivity contribution in [3.05, 3.63) is 17.7 Å². The molecule has 1 aliphatic rings. The third-order valence-electron chi connectivity index (χ3n) is 3.13. The summed E-state index contributed by atoms with van der Waals surface area (Å²) in [5.74, 6) is 1.39. The van der Waals surface area contributed by atoms with Crippen molar-refractivity contribution in [3.8, 4) is 11.5 Å². The van der Waals surface area contributed by atoms with Crippen LogP contribution in [0.2, 0.25) is 0 Å². The van der Waals surface area contributed by atoms with E-state index < -0.39 is 0 Å². The lowest BCUT2D eigenvalue weighted by Crippen LogP contribution is -2.36. The van der Waals surface area contributed by atoms with Crippen LogP contribution in [0, 0.1) is 0 Å². The first-order valence-electron chi connectivity index (χ1n) is 7.01. The van der Waals surface area contributed by atoms with Crippen LogP contribution in [0.4, 0.5) is 5.69 Å². The van der Waals surface area contributed by atoms with Gasteiger partial charge in [0.05, 0.1) is 26.4 Å². The van der Waals surface area contributed by atoms with Crippen LogP contribution in [0.1, 0.15) is 24.2 Å². The van der Waals surface area contributed by atoms with Gasteiger partial charge >= 0.3 is 0 Å². The van der Waals surface area contributed by atoms with E-state index >= 15 is 0 Å². The number of anilines is 1. The fourth-order valence-corrected chi connectivity index (χ4v) is 2.30. The largest absolute Gasteiger partial charge is 0.492 e. The average Bonchev–Trinajstić information content (AvgIpc) is 2.48. The molecule has 1 fully saturated rings. The van der Waals surface area contributed by atoms with Gasteiger partial charge in [-0.2, -0.15) is 0 Å². The number of rotatable bonds is 6. The monoisotopic (exact) mass is 279 g/mol. The summed E-state index contributed by atoms with van der Waals surface area (Å²) in [7, 11) is 0. The molecule has 0 bridgehead atoms. The molecule has 1 saturated heterocycles. The molecule has 0 aromatic heterocycles. The van der Waals surface area contributed by atoms with E-state index in [1.807, 2.05) is 13.8 Å². The summed E-state index contributed by atoms with van der Waals surface area (Å²) in [6.07, 6.45) is 0.814. The summed E-state index contributed by atoms with van der Waals surface area (Å²) >= 11 is 0. The number of nitrogens with zero attached hydrogens (tertiary/aromatic N) is 1. The van der Waals surface area contributed by atoms with Crippen LogP contribution in [0.15, 0.2) is 12.1 Å². The molecule has 0 spiro atoms. The Bertz CT molecular complexity index is 428. The van der Waals surface area contributed by atoms with Gasteiger partial charge in [0.1, 0.15) is 23.5 Å². The summed E-state index contributed by atoms with van der Waals surface area (Å²) in [6.45, 7) is 7.91. The maximum atomic E-state index is 11.1. The molecule has 0 atom stereocenters. The third-order valence-corrected chi connectivity index (χ3v) is 3.13. The molecule has 1 aromatic rings. The first kappa shape index (κ1) is 14.7. The van der Waals surface area contributed by atoms with Crippen LogP contribution in [-0.4, -0.2) is 45.8 Å². The molecule has 0 aliphatic carbocycles. The van der Waals surface area contributed by atoms with E-state index in [9.17, 15) is 4.79 Å². The Hall–Kier alpha value is -1.75. The molecule has 1 aromatic carbocycles. The molecule has 5 nitrogen and oxygen atoms in total. The van der Waals surface area contributed by atoms with Gasteiger partial charge in [-0.05, 0) is 26.0 Å². The summed E-state index contributed by atoms with van der Waals surface area (Å²) in [4.78, 5) is 13.3. The molecular formula is C15H21NO4. The lowest BCUT2D eigenvalue weighted by molar-refractivity contribution is 0.112. The Morgan fingerprint density at radius 3 is 2.15 bits per heavy atom. The Morgan fingerprint density at radius 1 is 1.15 bits per heavy atom. The number of carbonyl (C=O) groups excluding carboxylic acids is 1. The number of morpholine rings is 1. The maximum Gasteiger partial charge on any atom is 0.150 e. The topological polar surface area (TPSA) is 48.0 Å². The van der Waals surface area contributed by atoms with Crippen molar-refractivity contribution in [2.24, 2.45) is 0 Å². The number of carbonyl (C=O) groups is 1. The van der Waals surface area contributed by atoms with Gasteiger partial charge in [0.25, 0.3) is 0 Å². The van der Waals surface area contributed by atoms with Crippen LogP contribution in [0.25, 0.3) is 0 Å².